The molecule has 0 saturated heterocycles. The summed E-state index contributed by atoms with van der Waals surface area (Å²) < 4.78 is 5.94. The zero-order valence-electron chi connectivity index (χ0n) is 18.8. The minimum Gasteiger partial charge on any atom is -0.457 e. The van der Waals surface area contributed by atoms with Crippen LogP contribution in [-0.4, -0.2) is 22.6 Å². The Balaban J connectivity index is 1.38. The molecule has 0 aliphatic carbocycles. The van der Waals surface area contributed by atoms with E-state index in [0.717, 1.165) is 22.4 Å². The van der Waals surface area contributed by atoms with Gasteiger partial charge in [0.1, 0.15) is 11.5 Å². The zero-order chi connectivity index (χ0) is 23.3. The number of benzene rings is 4. The molecule has 1 aliphatic heterocycles. The Morgan fingerprint density at radius 2 is 1.41 bits per heavy atom. The van der Waals surface area contributed by atoms with Gasteiger partial charge >= 0.3 is 0 Å². The van der Waals surface area contributed by atoms with E-state index >= 15 is 0 Å². The molecular weight excluding hydrogens is 422 g/mol. The van der Waals surface area contributed by atoms with Gasteiger partial charge < -0.3 is 9.64 Å². The first-order valence-corrected chi connectivity index (χ1v) is 11.4. The molecule has 5 rings (SSSR count). The number of fused-ring (bicyclic) bond motifs is 1. The minimum atomic E-state index is -0.541. The molecule has 4 aromatic carbocycles. The number of nitrogens with zero attached hydrogens (tertiary/aromatic N) is 1. The Morgan fingerprint density at radius 1 is 0.765 bits per heavy atom. The second kappa shape index (κ2) is 9.75. The average Bonchev–Trinajstić information content (AvgIpc) is 3.20. The second-order valence-corrected chi connectivity index (χ2v) is 8.50. The minimum absolute atomic E-state index is 0.0156. The van der Waals surface area contributed by atoms with E-state index in [2.05, 4.69) is 0 Å². The molecule has 0 bridgehead atoms. The van der Waals surface area contributed by atoms with Gasteiger partial charge in [-0.2, -0.15) is 0 Å². The van der Waals surface area contributed by atoms with Gasteiger partial charge in [0.2, 0.25) is 0 Å². The fourth-order valence-corrected chi connectivity index (χ4v) is 4.43. The fourth-order valence-electron chi connectivity index (χ4n) is 4.43. The first-order chi connectivity index (χ1) is 16.7. The number of hydrogen-bond donors (Lipinski definition) is 0. The van der Waals surface area contributed by atoms with Gasteiger partial charge in [0, 0.05) is 18.5 Å². The highest BCUT2D eigenvalue weighted by atomic mass is 16.5. The zero-order valence-corrected chi connectivity index (χ0v) is 18.8. The van der Waals surface area contributed by atoms with Crippen LogP contribution in [0.3, 0.4) is 0 Å². The van der Waals surface area contributed by atoms with E-state index in [0.29, 0.717) is 24.3 Å². The molecule has 4 aromatic rings. The lowest BCUT2D eigenvalue weighted by Crippen LogP contribution is -2.43. The number of hydrogen-bond acceptors (Lipinski definition) is 3. The van der Waals surface area contributed by atoms with Crippen molar-refractivity contribution in [3.8, 4) is 11.5 Å². The number of amides is 1. The molecule has 0 saturated carbocycles. The van der Waals surface area contributed by atoms with Crippen LogP contribution in [0, 0.1) is 0 Å². The molecule has 34 heavy (non-hydrogen) atoms. The summed E-state index contributed by atoms with van der Waals surface area (Å²) in [6, 6.07) is 34.1. The van der Waals surface area contributed by atoms with Crippen molar-refractivity contribution < 1.29 is 14.3 Å². The van der Waals surface area contributed by atoms with Crippen molar-refractivity contribution in [3.05, 3.63) is 131 Å². The van der Waals surface area contributed by atoms with E-state index in [-0.39, 0.29) is 18.1 Å². The molecule has 1 amide bonds. The summed E-state index contributed by atoms with van der Waals surface area (Å²) in [5.41, 5.74) is 3.55. The molecule has 1 heterocycles. The third kappa shape index (κ3) is 4.76. The van der Waals surface area contributed by atoms with Gasteiger partial charge in [-0.25, -0.2) is 0 Å². The van der Waals surface area contributed by atoms with E-state index in [1.807, 2.05) is 109 Å². The maximum absolute atomic E-state index is 13.6. The summed E-state index contributed by atoms with van der Waals surface area (Å²) in [7, 11) is 0. The Morgan fingerprint density at radius 3 is 2.18 bits per heavy atom. The summed E-state index contributed by atoms with van der Waals surface area (Å²) in [5.74, 6) is 1.36. The van der Waals surface area contributed by atoms with Crippen LogP contribution < -0.4 is 4.74 Å². The standard InChI is InChI=1S/C30H25NO3/c32-29(20-23-12-9-16-26(18-23)34-25-14-5-2-6-15-25)28(19-22-10-3-1-4-11-22)31-21-24-13-7-8-17-27(24)30(31)33/h1-18,28H,19-21H2. The molecular formula is C30H25NO3. The third-order valence-corrected chi connectivity index (χ3v) is 6.12. The van der Waals surface area contributed by atoms with Crippen LogP contribution in [0.1, 0.15) is 27.0 Å². The molecule has 1 unspecified atom stereocenters. The van der Waals surface area contributed by atoms with E-state index in [9.17, 15) is 9.59 Å². The molecule has 4 heteroatoms. The fraction of sp³-hybridized carbons (Fsp3) is 0.133. The highest BCUT2D eigenvalue weighted by Gasteiger charge is 2.36. The third-order valence-electron chi connectivity index (χ3n) is 6.12. The molecule has 0 aromatic heterocycles. The van der Waals surface area contributed by atoms with Crippen molar-refractivity contribution in [1.82, 2.24) is 4.90 Å². The van der Waals surface area contributed by atoms with E-state index in [1.165, 1.54) is 0 Å². The van der Waals surface area contributed by atoms with Crippen molar-refractivity contribution in [2.45, 2.75) is 25.4 Å². The number of carbonyl (C=O) groups is 2. The number of ether oxygens (including phenoxy) is 1. The maximum atomic E-state index is 13.6. The molecule has 1 atom stereocenters. The Bertz CT molecular complexity index is 1300. The van der Waals surface area contributed by atoms with Gasteiger partial charge in [-0.15, -0.1) is 0 Å². The number of para-hydroxylation sites is 1. The highest BCUT2D eigenvalue weighted by Crippen LogP contribution is 2.27. The topological polar surface area (TPSA) is 46.6 Å². The average molecular weight is 448 g/mol. The van der Waals surface area contributed by atoms with Crippen LogP contribution in [0.25, 0.3) is 0 Å². The first kappa shape index (κ1) is 21.7. The quantitative estimate of drug-likeness (QED) is 0.340. The molecule has 0 radical (unpaired) electrons. The van der Waals surface area contributed by atoms with Gasteiger partial charge in [0.25, 0.3) is 5.91 Å². The van der Waals surface area contributed by atoms with Gasteiger partial charge in [-0.05, 0) is 53.4 Å². The molecule has 1 aliphatic rings. The van der Waals surface area contributed by atoms with Crippen LogP contribution in [0.4, 0.5) is 0 Å². The molecule has 168 valence electrons. The lowest BCUT2D eigenvalue weighted by Gasteiger charge is -2.27. The summed E-state index contributed by atoms with van der Waals surface area (Å²) in [6.45, 7) is 0.454. The summed E-state index contributed by atoms with van der Waals surface area (Å²) in [6.07, 6.45) is 0.712. The highest BCUT2D eigenvalue weighted by molar-refractivity contribution is 6.01. The smallest absolute Gasteiger partial charge is 0.255 e. The van der Waals surface area contributed by atoms with E-state index < -0.39 is 6.04 Å². The van der Waals surface area contributed by atoms with Crippen molar-refractivity contribution in [2.75, 3.05) is 0 Å². The summed E-state index contributed by atoms with van der Waals surface area (Å²) in [5, 5.41) is 0. The summed E-state index contributed by atoms with van der Waals surface area (Å²) in [4.78, 5) is 28.6. The maximum Gasteiger partial charge on any atom is 0.255 e. The second-order valence-electron chi connectivity index (χ2n) is 8.50. The molecule has 0 spiro atoms. The van der Waals surface area contributed by atoms with E-state index in [1.54, 1.807) is 4.90 Å². The Labute approximate surface area is 199 Å². The van der Waals surface area contributed by atoms with Crippen molar-refractivity contribution in [2.24, 2.45) is 0 Å². The molecule has 0 fully saturated rings. The molecule has 0 N–H and O–H groups in total. The Hall–Kier alpha value is -4.18. The predicted octanol–water partition coefficient (Wildman–Crippen LogP) is 5.86. The van der Waals surface area contributed by atoms with Crippen molar-refractivity contribution in [3.63, 3.8) is 0 Å². The largest absolute Gasteiger partial charge is 0.457 e. The van der Waals surface area contributed by atoms with Gasteiger partial charge in [-0.3, -0.25) is 9.59 Å². The van der Waals surface area contributed by atoms with Crippen molar-refractivity contribution in [1.29, 1.82) is 0 Å². The first-order valence-electron chi connectivity index (χ1n) is 11.4. The van der Waals surface area contributed by atoms with E-state index in [4.69, 9.17) is 4.74 Å². The van der Waals surface area contributed by atoms with Crippen LogP contribution >= 0.6 is 0 Å². The number of Topliss-reactive ketones (excluding diaryl/α,β-unsaturated/α-hetero) is 1. The van der Waals surface area contributed by atoms with Crippen LogP contribution in [0.15, 0.2) is 109 Å². The SMILES string of the molecule is O=C(Cc1cccc(Oc2ccccc2)c1)C(Cc1ccccc1)N1Cc2ccccc2C1=O. The number of rotatable bonds is 8. The van der Waals surface area contributed by atoms with Crippen LogP contribution in [0.5, 0.6) is 11.5 Å². The summed E-state index contributed by atoms with van der Waals surface area (Å²) >= 11 is 0. The normalized spacial score (nSPS) is 13.4. The van der Waals surface area contributed by atoms with Crippen LogP contribution in [0.2, 0.25) is 0 Å². The lowest BCUT2D eigenvalue weighted by atomic mass is 9.96. The van der Waals surface area contributed by atoms with Gasteiger partial charge in [-0.1, -0.05) is 78.9 Å². The monoisotopic (exact) mass is 447 g/mol. The molecule has 4 nitrogen and oxygen atoms in total. The van der Waals surface area contributed by atoms with Crippen LogP contribution in [-0.2, 0) is 24.2 Å². The van der Waals surface area contributed by atoms with Gasteiger partial charge in [0.15, 0.2) is 5.78 Å². The van der Waals surface area contributed by atoms with Gasteiger partial charge in [0.05, 0.1) is 6.04 Å². The number of carbonyl (C=O) groups excluding carboxylic acids is 2. The van der Waals surface area contributed by atoms with Crippen molar-refractivity contribution >= 4 is 11.7 Å². The predicted molar refractivity (Wildman–Crippen MR) is 132 cm³/mol. The Kier molecular flexibility index (Phi) is 6.21. The number of ketones is 1. The lowest BCUT2D eigenvalue weighted by molar-refractivity contribution is -0.123.